The predicted octanol–water partition coefficient (Wildman–Crippen LogP) is -0.740. The van der Waals surface area contributed by atoms with Gasteiger partial charge in [-0.3, -0.25) is 0 Å². The van der Waals surface area contributed by atoms with Crippen LogP contribution in [0.25, 0.3) is 0 Å². The number of rotatable bonds is 0. The first-order chi connectivity index (χ1) is 2.41. The standard InChI is InChI=1S/Ca.3O.Zr. The molecule has 0 amide bonds. The van der Waals surface area contributed by atoms with Crippen LogP contribution in [0.3, 0.4) is 0 Å². The van der Waals surface area contributed by atoms with E-state index in [0.717, 1.165) is 0 Å². The molecule has 5 heavy (non-hydrogen) atoms. The van der Waals surface area contributed by atoms with Gasteiger partial charge < -0.3 is 0 Å². The fourth-order valence-corrected chi connectivity index (χ4v) is 0. The molecule has 0 bridgehead atoms. The van der Waals surface area contributed by atoms with Gasteiger partial charge in [0.2, 0.25) is 0 Å². The van der Waals surface area contributed by atoms with E-state index in [2.05, 4.69) is 0 Å². The summed E-state index contributed by atoms with van der Waals surface area (Å²) in [6, 6.07) is 0. The van der Waals surface area contributed by atoms with Gasteiger partial charge in [0.15, 0.2) is 0 Å². The number of hydrogen-bond donors (Lipinski definition) is 0. The van der Waals surface area contributed by atoms with E-state index in [1.54, 1.807) is 0 Å². The van der Waals surface area contributed by atoms with Crippen molar-refractivity contribution in [2.75, 3.05) is 0 Å². The molecular formula is CaO3Zr. The number of hydrogen-bond acceptors (Lipinski definition) is 3. The molecule has 5 heteroatoms. The van der Waals surface area contributed by atoms with Gasteiger partial charge in [0.25, 0.3) is 0 Å². The van der Waals surface area contributed by atoms with Crippen molar-refractivity contribution in [3.05, 3.63) is 0 Å². The molecular weight excluding hydrogens is 179 g/mol. The van der Waals surface area contributed by atoms with E-state index in [1.807, 2.05) is 0 Å². The van der Waals surface area contributed by atoms with Gasteiger partial charge in [-0.05, 0) is 0 Å². The van der Waals surface area contributed by atoms with Crippen LogP contribution in [0.2, 0.25) is 0 Å². The first-order valence-electron chi connectivity index (χ1n) is 0.697. The molecule has 0 aliphatic carbocycles. The zero-order valence-corrected chi connectivity index (χ0v) is 7.10. The van der Waals surface area contributed by atoms with Crippen LogP contribution in [-0.2, 0) is 30.3 Å². The van der Waals surface area contributed by atoms with E-state index < -0.39 is 23.2 Å². The Hall–Kier alpha value is 1.54. The predicted molar refractivity (Wildman–Crippen MR) is 7.81 cm³/mol. The molecule has 0 atom stereocenters. The molecule has 0 saturated heterocycles. The molecule has 0 radical (unpaired) electrons. The van der Waals surface area contributed by atoms with Crippen molar-refractivity contribution in [3.63, 3.8) is 0 Å². The fourth-order valence-electron chi connectivity index (χ4n) is 0. The third kappa shape index (κ3) is 29.2. The molecule has 0 spiro atoms. The molecule has 24 valence electrons. The van der Waals surface area contributed by atoms with Crippen molar-refractivity contribution in [1.82, 2.24) is 0 Å². The first-order valence-corrected chi connectivity index (χ1v) is 3.61. The van der Waals surface area contributed by atoms with Crippen molar-refractivity contribution in [2.45, 2.75) is 0 Å². The summed E-state index contributed by atoms with van der Waals surface area (Å²) in [5.74, 6) is 0. The zero-order valence-electron chi connectivity index (χ0n) is 2.43. The topological polar surface area (TPSA) is 51.2 Å². The molecule has 0 aromatic rings. The van der Waals surface area contributed by atoms with Gasteiger partial charge in [0.05, 0.1) is 0 Å². The van der Waals surface area contributed by atoms with Gasteiger partial charge in [0.1, 0.15) is 0 Å². The summed E-state index contributed by atoms with van der Waals surface area (Å²) in [5, 5.41) is 0. The SMILES string of the molecule is [O]=[Ca].[O]=[Zr]=[O]. The van der Waals surface area contributed by atoms with Gasteiger partial charge >= 0.3 is 66.2 Å². The minimum atomic E-state index is -2.27. The Morgan fingerprint density at radius 2 is 1.20 bits per heavy atom. The second kappa shape index (κ2) is 17.7. The molecule has 0 aromatic carbocycles. The van der Waals surface area contributed by atoms with Crippen molar-refractivity contribution in [1.29, 1.82) is 0 Å². The Morgan fingerprint density at radius 1 is 1.20 bits per heavy atom. The van der Waals surface area contributed by atoms with Crippen LogP contribution >= 0.6 is 0 Å². The van der Waals surface area contributed by atoms with Gasteiger partial charge in [-0.2, -0.15) is 0 Å². The second-order valence-corrected chi connectivity index (χ2v) is 0.493. The van der Waals surface area contributed by atoms with Crippen LogP contribution in [0.5, 0.6) is 0 Å². The molecule has 0 N–H and O–H groups in total. The van der Waals surface area contributed by atoms with E-state index in [4.69, 9.17) is 7.06 Å². The summed E-state index contributed by atoms with van der Waals surface area (Å²) < 4.78 is 25.5. The molecule has 0 fully saturated rings. The second-order valence-electron chi connectivity index (χ2n) is 0.0833. The van der Waals surface area contributed by atoms with E-state index in [0.29, 0.717) is 0 Å². The first kappa shape index (κ1) is 9.74. The summed E-state index contributed by atoms with van der Waals surface area (Å²) in [6.07, 6.45) is 0. The summed E-state index contributed by atoms with van der Waals surface area (Å²) in [7, 11) is 0. The maximum absolute atomic E-state index is 8.54. The van der Waals surface area contributed by atoms with Crippen LogP contribution in [0.15, 0.2) is 0 Å². The van der Waals surface area contributed by atoms with Gasteiger partial charge in [-0.15, -0.1) is 0 Å². The van der Waals surface area contributed by atoms with Gasteiger partial charge in [0, 0.05) is 0 Å². The van der Waals surface area contributed by atoms with Gasteiger partial charge in [-0.25, -0.2) is 0 Å². The normalized spacial score (nSPS) is 2.80. The van der Waals surface area contributed by atoms with E-state index in [-0.39, 0.29) is 35.9 Å². The van der Waals surface area contributed by atoms with Crippen LogP contribution in [0.1, 0.15) is 0 Å². The van der Waals surface area contributed by atoms with Crippen LogP contribution < -0.4 is 0 Å². The summed E-state index contributed by atoms with van der Waals surface area (Å²) in [4.78, 5) is 0. The van der Waals surface area contributed by atoms with E-state index >= 15 is 0 Å². The Balaban J connectivity index is 0. The van der Waals surface area contributed by atoms with Crippen molar-refractivity contribution in [3.8, 4) is 0 Å². The average Bonchev–Trinajstić information content (AvgIpc) is 1.46. The van der Waals surface area contributed by atoms with Crippen LogP contribution in [0.4, 0.5) is 0 Å². The van der Waals surface area contributed by atoms with Gasteiger partial charge in [-0.1, -0.05) is 0 Å². The Kier molecular flexibility index (Phi) is 34.5. The summed E-state index contributed by atoms with van der Waals surface area (Å²) in [5.41, 5.74) is 0. The molecule has 0 unspecified atom stereocenters. The molecule has 3 nitrogen and oxygen atoms in total. The van der Waals surface area contributed by atoms with Crippen LogP contribution in [0, 0.1) is 0 Å². The van der Waals surface area contributed by atoms with E-state index in [9.17, 15) is 0 Å². The Labute approximate surface area is 65.0 Å². The average molecular weight is 179 g/mol. The minimum absolute atomic E-state index is 0.125. The van der Waals surface area contributed by atoms with Crippen molar-refractivity contribution < 1.29 is 30.3 Å². The molecule has 0 heterocycles. The Bertz CT molecular complexity index is 36.2. The Morgan fingerprint density at radius 3 is 1.20 bits per heavy atom. The summed E-state index contributed by atoms with van der Waals surface area (Å²) >= 11 is -2.14. The van der Waals surface area contributed by atoms with E-state index in [1.165, 1.54) is 0 Å². The molecule has 0 rings (SSSR count). The molecule has 0 aromatic heterocycles. The van der Waals surface area contributed by atoms with Crippen molar-refractivity contribution in [2.24, 2.45) is 0 Å². The maximum atomic E-state index is 8.54. The van der Waals surface area contributed by atoms with Crippen LogP contribution in [-0.4, -0.2) is 35.9 Å². The molecule has 0 aliphatic heterocycles. The fraction of sp³-hybridized carbons (Fsp3) is 0. The monoisotopic (exact) mass is 178 g/mol. The third-order valence-corrected chi connectivity index (χ3v) is 0. The molecule has 0 aliphatic rings. The van der Waals surface area contributed by atoms with Crippen molar-refractivity contribution >= 4 is 35.9 Å². The molecule has 0 saturated carbocycles. The third-order valence-electron chi connectivity index (χ3n) is 0. The zero-order chi connectivity index (χ0) is 4.71. The summed E-state index contributed by atoms with van der Waals surface area (Å²) in [6.45, 7) is 0. The quantitative estimate of drug-likeness (QED) is 0.460.